The summed E-state index contributed by atoms with van der Waals surface area (Å²) in [6.07, 6.45) is 0.507. The summed E-state index contributed by atoms with van der Waals surface area (Å²) in [7, 11) is 1.68. The fourth-order valence-corrected chi connectivity index (χ4v) is 3.62. The average molecular weight is 397 g/mol. The third kappa shape index (κ3) is 4.92. The lowest BCUT2D eigenvalue weighted by molar-refractivity contribution is -0.121. The predicted octanol–water partition coefficient (Wildman–Crippen LogP) is 2.25. The van der Waals surface area contributed by atoms with Gasteiger partial charge in [0.2, 0.25) is 12.7 Å². The Labute approximate surface area is 171 Å². The smallest absolute Gasteiger partial charge is 0.231 e. The maximum Gasteiger partial charge on any atom is 0.231 e. The van der Waals surface area contributed by atoms with Gasteiger partial charge in [-0.3, -0.25) is 9.69 Å². The fourth-order valence-electron chi connectivity index (χ4n) is 3.62. The van der Waals surface area contributed by atoms with E-state index in [1.807, 2.05) is 30.3 Å². The molecule has 1 saturated heterocycles. The van der Waals surface area contributed by atoms with Gasteiger partial charge in [0, 0.05) is 51.4 Å². The maximum absolute atomic E-state index is 12.2. The van der Waals surface area contributed by atoms with Crippen LogP contribution < -0.4 is 24.4 Å². The van der Waals surface area contributed by atoms with Crippen molar-refractivity contribution in [1.29, 1.82) is 0 Å². The van der Waals surface area contributed by atoms with Gasteiger partial charge < -0.3 is 24.4 Å². The lowest BCUT2D eigenvalue weighted by Gasteiger charge is -2.36. The van der Waals surface area contributed by atoms with E-state index in [1.165, 1.54) is 5.69 Å². The molecule has 0 saturated carbocycles. The molecule has 4 rings (SSSR count). The van der Waals surface area contributed by atoms with Crippen molar-refractivity contribution in [2.75, 3.05) is 51.5 Å². The van der Waals surface area contributed by atoms with Crippen molar-refractivity contribution in [2.45, 2.75) is 13.0 Å². The van der Waals surface area contributed by atoms with Crippen molar-refractivity contribution in [1.82, 2.24) is 10.2 Å². The molecule has 0 spiro atoms. The summed E-state index contributed by atoms with van der Waals surface area (Å²) in [6, 6.07) is 13.9. The van der Waals surface area contributed by atoms with Crippen LogP contribution in [0, 0.1) is 0 Å². The Balaban J connectivity index is 1.16. The van der Waals surface area contributed by atoms with Crippen LogP contribution in [0.4, 0.5) is 5.69 Å². The Morgan fingerprint density at radius 3 is 2.55 bits per heavy atom. The number of piperazine rings is 1. The zero-order chi connectivity index (χ0) is 20.1. The number of nitrogens with zero attached hydrogens (tertiary/aromatic N) is 2. The Morgan fingerprint density at radius 1 is 1.03 bits per heavy atom. The molecular formula is C22H27N3O4. The quantitative estimate of drug-likeness (QED) is 0.773. The van der Waals surface area contributed by atoms with Crippen LogP contribution in [0.1, 0.15) is 12.0 Å². The van der Waals surface area contributed by atoms with E-state index in [4.69, 9.17) is 14.2 Å². The van der Waals surface area contributed by atoms with Gasteiger partial charge in [-0.2, -0.15) is 0 Å². The Morgan fingerprint density at radius 2 is 1.79 bits per heavy atom. The number of ether oxygens (including phenoxy) is 3. The lowest BCUT2D eigenvalue weighted by Crippen LogP contribution is -2.47. The van der Waals surface area contributed by atoms with Crippen LogP contribution in [0.15, 0.2) is 42.5 Å². The number of hydrogen-bond donors (Lipinski definition) is 1. The van der Waals surface area contributed by atoms with Crippen molar-refractivity contribution in [3.05, 3.63) is 48.0 Å². The summed E-state index contributed by atoms with van der Waals surface area (Å²) in [5.74, 6) is 2.44. The first-order chi connectivity index (χ1) is 14.2. The first-order valence-corrected chi connectivity index (χ1v) is 9.98. The van der Waals surface area contributed by atoms with Gasteiger partial charge in [-0.25, -0.2) is 0 Å². The van der Waals surface area contributed by atoms with E-state index in [9.17, 15) is 4.79 Å². The van der Waals surface area contributed by atoms with Crippen LogP contribution in [-0.4, -0.2) is 57.4 Å². The fraction of sp³-hybridized carbons (Fsp3) is 0.409. The highest BCUT2D eigenvalue weighted by atomic mass is 16.7. The number of hydrogen-bond acceptors (Lipinski definition) is 6. The second-order valence-corrected chi connectivity index (χ2v) is 7.24. The number of fused-ring (bicyclic) bond motifs is 1. The molecule has 7 nitrogen and oxygen atoms in total. The monoisotopic (exact) mass is 397 g/mol. The number of amides is 1. The zero-order valence-corrected chi connectivity index (χ0v) is 16.7. The van der Waals surface area contributed by atoms with Gasteiger partial charge in [-0.05, 0) is 42.0 Å². The van der Waals surface area contributed by atoms with Crippen molar-refractivity contribution in [2.24, 2.45) is 0 Å². The summed E-state index contributed by atoms with van der Waals surface area (Å²) in [5, 5.41) is 2.99. The first-order valence-electron chi connectivity index (χ1n) is 9.98. The summed E-state index contributed by atoms with van der Waals surface area (Å²) in [4.78, 5) is 16.9. The van der Waals surface area contributed by atoms with Gasteiger partial charge >= 0.3 is 0 Å². The van der Waals surface area contributed by atoms with E-state index in [0.29, 0.717) is 13.0 Å². The molecule has 2 aromatic rings. The Hall–Kier alpha value is -2.93. The predicted molar refractivity (Wildman–Crippen MR) is 111 cm³/mol. The lowest BCUT2D eigenvalue weighted by atomic mass is 10.2. The molecule has 2 heterocycles. The minimum atomic E-state index is 0.0697. The molecule has 2 aliphatic rings. The SMILES string of the molecule is COc1ccc(N2CCN(CCC(=O)NCc3ccc4c(c3)OCO4)CC2)cc1. The number of methoxy groups -OCH3 is 1. The van der Waals surface area contributed by atoms with Crippen LogP contribution in [0.5, 0.6) is 17.2 Å². The van der Waals surface area contributed by atoms with Crippen LogP contribution in [-0.2, 0) is 11.3 Å². The number of benzene rings is 2. The largest absolute Gasteiger partial charge is 0.497 e. The highest BCUT2D eigenvalue weighted by Crippen LogP contribution is 2.32. The van der Waals surface area contributed by atoms with Crippen LogP contribution in [0.3, 0.4) is 0 Å². The van der Waals surface area contributed by atoms with Crippen molar-refractivity contribution < 1.29 is 19.0 Å². The molecular weight excluding hydrogens is 370 g/mol. The zero-order valence-electron chi connectivity index (χ0n) is 16.7. The van der Waals surface area contributed by atoms with Crippen LogP contribution >= 0.6 is 0 Å². The van der Waals surface area contributed by atoms with E-state index in [0.717, 1.165) is 55.5 Å². The number of anilines is 1. The molecule has 0 unspecified atom stereocenters. The van der Waals surface area contributed by atoms with Crippen LogP contribution in [0.25, 0.3) is 0 Å². The van der Waals surface area contributed by atoms with E-state index in [2.05, 4.69) is 27.2 Å². The molecule has 2 aliphatic heterocycles. The topological polar surface area (TPSA) is 63.3 Å². The summed E-state index contributed by atoms with van der Waals surface area (Å²) in [6.45, 7) is 5.39. The molecule has 1 fully saturated rings. The van der Waals surface area contributed by atoms with E-state index >= 15 is 0 Å². The molecule has 0 bridgehead atoms. The van der Waals surface area contributed by atoms with Gasteiger partial charge in [0.15, 0.2) is 11.5 Å². The normalized spacial score (nSPS) is 16.0. The van der Waals surface area contributed by atoms with Crippen LogP contribution in [0.2, 0.25) is 0 Å². The average Bonchev–Trinajstić information content (AvgIpc) is 3.24. The van der Waals surface area contributed by atoms with Crippen molar-refractivity contribution in [3.63, 3.8) is 0 Å². The van der Waals surface area contributed by atoms with Gasteiger partial charge in [0.25, 0.3) is 0 Å². The second-order valence-electron chi connectivity index (χ2n) is 7.24. The molecule has 0 radical (unpaired) electrons. The molecule has 0 atom stereocenters. The standard InChI is InChI=1S/C22H27N3O4/c1-27-19-5-3-18(4-6-19)25-12-10-24(11-13-25)9-8-22(26)23-15-17-2-7-20-21(14-17)29-16-28-20/h2-7,14H,8-13,15-16H2,1H3,(H,23,26). The molecule has 1 N–H and O–H groups in total. The highest BCUT2D eigenvalue weighted by molar-refractivity contribution is 5.76. The third-order valence-corrected chi connectivity index (χ3v) is 5.39. The van der Waals surface area contributed by atoms with E-state index in [-0.39, 0.29) is 12.7 Å². The van der Waals surface area contributed by atoms with Gasteiger partial charge in [-0.15, -0.1) is 0 Å². The molecule has 2 aromatic carbocycles. The van der Waals surface area contributed by atoms with Crippen molar-refractivity contribution in [3.8, 4) is 17.2 Å². The number of carbonyl (C=O) groups is 1. The molecule has 29 heavy (non-hydrogen) atoms. The maximum atomic E-state index is 12.2. The molecule has 1 amide bonds. The van der Waals surface area contributed by atoms with E-state index < -0.39 is 0 Å². The summed E-state index contributed by atoms with van der Waals surface area (Å²) in [5.41, 5.74) is 2.22. The molecule has 0 aromatic heterocycles. The van der Waals surface area contributed by atoms with Crippen molar-refractivity contribution >= 4 is 11.6 Å². The van der Waals surface area contributed by atoms with Gasteiger partial charge in [0.05, 0.1) is 7.11 Å². The van der Waals surface area contributed by atoms with Gasteiger partial charge in [0.1, 0.15) is 5.75 Å². The third-order valence-electron chi connectivity index (χ3n) is 5.39. The summed E-state index contributed by atoms with van der Waals surface area (Å²) < 4.78 is 15.9. The minimum absolute atomic E-state index is 0.0697. The molecule has 154 valence electrons. The number of carbonyl (C=O) groups excluding carboxylic acids is 1. The minimum Gasteiger partial charge on any atom is -0.497 e. The first kappa shape index (κ1) is 19.4. The van der Waals surface area contributed by atoms with E-state index in [1.54, 1.807) is 7.11 Å². The second kappa shape index (κ2) is 9.05. The Bertz CT molecular complexity index is 832. The number of nitrogens with one attached hydrogen (secondary N) is 1. The molecule has 7 heteroatoms. The summed E-state index contributed by atoms with van der Waals surface area (Å²) >= 11 is 0. The Kier molecular flexibility index (Phi) is 6.05. The number of rotatable bonds is 7. The highest BCUT2D eigenvalue weighted by Gasteiger charge is 2.18. The molecule has 0 aliphatic carbocycles. The van der Waals surface area contributed by atoms with Gasteiger partial charge in [-0.1, -0.05) is 6.07 Å².